The van der Waals surface area contributed by atoms with E-state index in [1.807, 2.05) is 12.1 Å². The summed E-state index contributed by atoms with van der Waals surface area (Å²) >= 11 is 0. The molecule has 0 radical (unpaired) electrons. The third-order valence-corrected chi connectivity index (χ3v) is 2.51. The fourth-order valence-corrected chi connectivity index (χ4v) is 1.58. The maximum absolute atomic E-state index is 10.8. The standard InChI is InChI=1S/C14H13NO4/c1-18-12-4-2-3-5-13(12)19-9-10-6-7-15-11(8-10)14(16)17/h2-8H,9H2,1H3,(H,16,17). The Morgan fingerprint density at radius 3 is 2.68 bits per heavy atom. The molecule has 1 aromatic carbocycles. The lowest BCUT2D eigenvalue weighted by atomic mass is 10.2. The highest BCUT2D eigenvalue weighted by Crippen LogP contribution is 2.26. The number of hydrogen-bond acceptors (Lipinski definition) is 4. The Morgan fingerprint density at radius 1 is 1.26 bits per heavy atom. The molecule has 0 amide bonds. The number of aromatic carboxylic acids is 1. The number of ether oxygens (including phenoxy) is 2. The van der Waals surface area contributed by atoms with Crippen LogP contribution in [0.1, 0.15) is 16.1 Å². The van der Waals surface area contributed by atoms with E-state index in [0.29, 0.717) is 11.5 Å². The van der Waals surface area contributed by atoms with Crippen molar-refractivity contribution in [3.8, 4) is 11.5 Å². The first-order valence-electron chi connectivity index (χ1n) is 5.64. The molecule has 1 heterocycles. The highest BCUT2D eigenvalue weighted by atomic mass is 16.5. The Bertz CT molecular complexity index is 583. The van der Waals surface area contributed by atoms with Gasteiger partial charge < -0.3 is 14.6 Å². The van der Waals surface area contributed by atoms with Gasteiger partial charge in [0.05, 0.1) is 7.11 Å². The Morgan fingerprint density at radius 2 is 2.00 bits per heavy atom. The molecule has 2 rings (SSSR count). The van der Waals surface area contributed by atoms with Crippen LogP contribution in [0.5, 0.6) is 11.5 Å². The van der Waals surface area contributed by atoms with Gasteiger partial charge in [-0.3, -0.25) is 0 Å². The number of nitrogens with zero attached hydrogens (tertiary/aromatic N) is 1. The monoisotopic (exact) mass is 259 g/mol. The molecular weight excluding hydrogens is 246 g/mol. The number of pyridine rings is 1. The van der Waals surface area contributed by atoms with Crippen molar-refractivity contribution in [2.45, 2.75) is 6.61 Å². The number of benzene rings is 1. The van der Waals surface area contributed by atoms with Crippen molar-refractivity contribution in [3.05, 3.63) is 53.9 Å². The molecule has 0 atom stereocenters. The Balaban J connectivity index is 2.10. The predicted octanol–water partition coefficient (Wildman–Crippen LogP) is 2.37. The fourth-order valence-electron chi connectivity index (χ4n) is 1.58. The molecular formula is C14H13NO4. The van der Waals surface area contributed by atoms with Crippen LogP contribution in [0, 0.1) is 0 Å². The molecule has 0 unspecified atom stereocenters. The van der Waals surface area contributed by atoms with Gasteiger partial charge in [-0.25, -0.2) is 9.78 Å². The molecule has 1 aromatic heterocycles. The molecule has 1 N–H and O–H groups in total. The topological polar surface area (TPSA) is 68.7 Å². The third-order valence-electron chi connectivity index (χ3n) is 2.51. The van der Waals surface area contributed by atoms with Crippen molar-refractivity contribution in [2.24, 2.45) is 0 Å². The van der Waals surface area contributed by atoms with Crippen LogP contribution < -0.4 is 9.47 Å². The molecule has 0 spiro atoms. The van der Waals surface area contributed by atoms with Gasteiger partial charge in [-0.2, -0.15) is 0 Å². The van der Waals surface area contributed by atoms with E-state index in [2.05, 4.69) is 4.98 Å². The number of carboxylic acids is 1. The Kier molecular flexibility index (Phi) is 3.97. The van der Waals surface area contributed by atoms with Crippen molar-refractivity contribution in [3.63, 3.8) is 0 Å². The summed E-state index contributed by atoms with van der Waals surface area (Å²) < 4.78 is 10.8. The van der Waals surface area contributed by atoms with Crippen molar-refractivity contribution in [2.75, 3.05) is 7.11 Å². The summed E-state index contributed by atoms with van der Waals surface area (Å²) in [5, 5.41) is 8.85. The van der Waals surface area contributed by atoms with Gasteiger partial charge >= 0.3 is 5.97 Å². The molecule has 0 saturated heterocycles. The van der Waals surface area contributed by atoms with E-state index in [1.165, 1.54) is 12.3 Å². The van der Waals surface area contributed by atoms with Crippen molar-refractivity contribution < 1.29 is 19.4 Å². The van der Waals surface area contributed by atoms with Crippen LogP contribution in [-0.4, -0.2) is 23.2 Å². The molecule has 0 saturated carbocycles. The first-order chi connectivity index (χ1) is 9.20. The summed E-state index contributed by atoms with van der Waals surface area (Å²) in [6.45, 7) is 0.253. The molecule has 0 aliphatic rings. The minimum Gasteiger partial charge on any atom is -0.493 e. The summed E-state index contributed by atoms with van der Waals surface area (Å²) in [5.74, 6) is 0.188. The largest absolute Gasteiger partial charge is 0.493 e. The van der Waals surface area contributed by atoms with E-state index in [9.17, 15) is 4.79 Å². The van der Waals surface area contributed by atoms with Gasteiger partial charge in [-0.05, 0) is 29.8 Å². The van der Waals surface area contributed by atoms with E-state index in [1.54, 1.807) is 25.3 Å². The highest BCUT2D eigenvalue weighted by Gasteiger charge is 2.07. The minimum atomic E-state index is -1.06. The van der Waals surface area contributed by atoms with Gasteiger partial charge in [0.15, 0.2) is 11.5 Å². The molecule has 98 valence electrons. The van der Waals surface area contributed by atoms with Gasteiger partial charge in [-0.1, -0.05) is 12.1 Å². The van der Waals surface area contributed by atoms with Gasteiger partial charge in [-0.15, -0.1) is 0 Å². The van der Waals surface area contributed by atoms with E-state index >= 15 is 0 Å². The van der Waals surface area contributed by atoms with E-state index in [0.717, 1.165) is 5.56 Å². The van der Waals surface area contributed by atoms with Gasteiger partial charge in [0.25, 0.3) is 0 Å². The van der Waals surface area contributed by atoms with Gasteiger partial charge in [0, 0.05) is 6.20 Å². The SMILES string of the molecule is COc1ccccc1OCc1ccnc(C(=O)O)c1. The zero-order chi connectivity index (χ0) is 13.7. The zero-order valence-corrected chi connectivity index (χ0v) is 10.4. The van der Waals surface area contributed by atoms with Crippen LogP contribution in [0.4, 0.5) is 0 Å². The summed E-state index contributed by atoms with van der Waals surface area (Å²) in [7, 11) is 1.57. The van der Waals surface area contributed by atoms with E-state index in [-0.39, 0.29) is 12.3 Å². The summed E-state index contributed by atoms with van der Waals surface area (Å²) in [6, 6.07) is 10.5. The molecule has 0 aliphatic carbocycles. The zero-order valence-electron chi connectivity index (χ0n) is 10.4. The molecule has 5 nitrogen and oxygen atoms in total. The Hall–Kier alpha value is -2.56. The quantitative estimate of drug-likeness (QED) is 0.892. The average Bonchev–Trinajstić information content (AvgIpc) is 2.45. The van der Waals surface area contributed by atoms with Crippen LogP contribution in [0.25, 0.3) is 0 Å². The number of aromatic nitrogens is 1. The van der Waals surface area contributed by atoms with Crippen molar-refractivity contribution in [1.29, 1.82) is 0 Å². The lowest BCUT2D eigenvalue weighted by Gasteiger charge is -2.10. The summed E-state index contributed by atoms with van der Waals surface area (Å²) in [5.41, 5.74) is 0.736. The molecule has 0 aliphatic heterocycles. The number of para-hydroxylation sites is 2. The number of carbonyl (C=O) groups is 1. The Labute approximate surface area is 110 Å². The molecule has 2 aromatic rings. The number of rotatable bonds is 5. The van der Waals surface area contributed by atoms with Gasteiger partial charge in [0.1, 0.15) is 12.3 Å². The summed E-state index contributed by atoms with van der Waals surface area (Å²) in [4.78, 5) is 14.6. The second-order valence-corrected chi connectivity index (χ2v) is 3.79. The smallest absolute Gasteiger partial charge is 0.354 e. The molecule has 0 bridgehead atoms. The van der Waals surface area contributed by atoms with Crippen molar-refractivity contribution >= 4 is 5.97 Å². The summed E-state index contributed by atoms with van der Waals surface area (Å²) in [6.07, 6.45) is 1.45. The first-order valence-corrected chi connectivity index (χ1v) is 5.64. The number of carboxylic acid groups (broad SMARTS) is 1. The molecule has 0 fully saturated rings. The minimum absolute atomic E-state index is 0.00104. The fraction of sp³-hybridized carbons (Fsp3) is 0.143. The second kappa shape index (κ2) is 5.86. The van der Waals surface area contributed by atoms with Crippen LogP contribution >= 0.6 is 0 Å². The van der Waals surface area contributed by atoms with Crippen LogP contribution in [0.15, 0.2) is 42.6 Å². The first kappa shape index (κ1) is 12.9. The van der Waals surface area contributed by atoms with E-state index < -0.39 is 5.97 Å². The van der Waals surface area contributed by atoms with Crippen molar-refractivity contribution in [1.82, 2.24) is 4.98 Å². The maximum atomic E-state index is 10.8. The number of hydrogen-bond donors (Lipinski definition) is 1. The predicted molar refractivity (Wildman–Crippen MR) is 68.5 cm³/mol. The second-order valence-electron chi connectivity index (χ2n) is 3.79. The van der Waals surface area contributed by atoms with E-state index in [4.69, 9.17) is 14.6 Å². The van der Waals surface area contributed by atoms with Gasteiger partial charge in [0.2, 0.25) is 0 Å². The average molecular weight is 259 g/mol. The van der Waals surface area contributed by atoms with Crippen LogP contribution in [0.2, 0.25) is 0 Å². The van der Waals surface area contributed by atoms with Crippen LogP contribution in [0.3, 0.4) is 0 Å². The molecule has 5 heteroatoms. The number of methoxy groups -OCH3 is 1. The van der Waals surface area contributed by atoms with Crippen LogP contribution in [-0.2, 0) is 6.61 Å². The molecule has 19 heavy (non-hydrogen) atoms. The third kappa shape index (κ3) is 3.22. The normalized spacial score (nSPS) is 9.95. The lowest BCUT2D eigenvalue weighted by Crippen LogP contribution is -2.03. The highest BCUT2D eigenvalue weighted by molar-refractivity contribution is 5.85. The maximum Gasteiger partial charge on any atom is 0.354 e. The lowest BCUT2D eigenvalue weighted by molar-refractivity contribution is 0.0690.